The van der Waals surface area contributed by atoms with Gasteiger partial charge in [0.1, 0.15) is 11.1 Å². The number of ether oxygens (including phenoxy) is 2. The molecule has 0 bridgehead atoms. The van der Waals surface area contributed by atoms with E-state index in [-0.39, 0.29) is 6.02 Å². The van der Waals surface area contributed by atoms with Gasteiger partial charge in [-0.2, -0.15) is 0 Å². The number of rotatable bonds is 4. The summed E-state index contributed by atoms with van der Waals surface area (Å²) in [6.45, 7) is 10.7. The van der Waals surface area contributed by atoms with Crippen molar-refractivity contribution < 1.29 is 19.1 Å². The average Bonchev–Trinajstić information content (AvgIpc) is 2.81. The van der Waals surface area contributed by atoms with Crippen LogP contribution in [0.2, 0.25) is 0 Å². The first-order valence-corrected chi connectivity index (χ1v) is 12.2. The van der Waals surface area contributed by atoms with Gasteiger partial charge in [0.25, 0.3) is 0 Å². The van der Waals surface area contributed by atoms with Crippen LogP contribution in [0.4, 0.5) is 9.59 Å². The molecule has 2 amide bonds. The molecule has 0 heterocycles. The summed E-state index contributed by atoms with van der Waals surface area (Å²) in [4.78, 5) is 30.6. The Bertz CT molecular complexity index is 1080. The molecule has 0 fully saturated rings. The zero-order valence-electron chi connectivity index (χ0n) is 22.2. The van der Waals surface area contributed by atoms with Gasteiger partial charge in [-0.25, -0.2) is 19.9 Å². The van der Waals surface area contributed by atoms with Crippen LogP contribution in [0.25, 0.3) is 0 Å². The normalized spacial score (nSPS) is 12.4. The molecule has 3 rings (SSSR count). The van der Waals surface area contributed by atoms with Gasteiger partial charge >= 0.3 is 18.2 Å². The van der Waals surface area contributed by atoms with Crippen molar-refractivity contribution in [1.82, 2.24) is 10.6 Å². The van der Waals surface area contributed by atoms with E-state index in [2.05, 4.69) is 10.6 Å². The molecule has 0 saturated carbocycles. The maximum Gasteiger partial charge on any atom is 0.415 e. The molecule has 194 valence electrons. The van der Waals surface area contributed by atoms with Crippen molar-refractivity contribution in [1.29, 1.82) is 0 Å². The predicted molar refractivity (Wildman–Crippen MR) is 145 cm³/mol. The number of nitrogens with zero attached hydrogens (tertiary/aromatic N) is 1. The lowest BCUT2D eigenvalue weighted by atomic mass is 9.77. The van der Waals surface area contributed by atoms with Crippen LogP contribution in [0.5, 0.6) is 0 Å². The fourth-order valence-electron chi connectivity index (χ4n) is 3.77. The highest BCUT2D eigenvalue weighted by Gasteiger charge is 2.38. The van der Waals surface area contributed by atoms with Crippen LogP contribution < -0.4 is 10.6 Å². The monoisotopic (exact) mass is 501 g/mol. The first-order valence-electron chi connectivity index (χ1n) is 12.2. The third-order valence-corrected chi connectivity index (χ3v) is 5.12. The zero-order valence-corrected chi connectivity index (χ0v) is 22.2. The molecule has 0 unspecified atom stereocenters. The van der Waals surface area contributed by atoms with E-state index in [9.17, 15) is 9.59 Å². The summed E-state index contributed by atoms with van der Waals surface area (Å²) in [6.07, 6.45) is -1.55. The Kier molecular flexibility index (Phi) is 8.38. The van der Waals surface area contributed by atoms with Crippen LogP contribution in [-0.4, -0.2) is 29.3 Å². The van der Waals surface area contributed by atoms with Gasteiger partial charge in [0.15, 0.2) is 0 Å². The van der Waals surface area contributed by atoms with Gasteiger partial charge in [0, 0.05) is 5.54 Å². The highest BCUT2D eigenvalue weighted by atomic mass is 16.6. The summed E-state index contributed by atoms with van der Waals surface area (Å²) in [6, 6.07) is 28.6. The third kappa shape index (κ3) is 7.67. The molecule has 3 aromatic rings. The lowest BCUT2D eigenvalue weighted by molar-refractivity contribution is 0.0552. The van der Waals surface area contributed by atoms with E-state index in [0.29, 0.717) is 0 Å². The minimum atomic E-state index is -1.16. The number of hydrogen-bond acceptors (Lipinski definition) is 5. The maximum atomic E-state index is 12.8. The highest BCUT2D eigenvalue weighted by Crippen LogP contribution is 2.40. The van der Waals surface area contributed by atoms with E-state index in [1.807, 2.05) is 112 Å². The van der Waals surface area contributed by atoms with Gasteiger partial charge < -0.3 is 14.8 Å². The van der Waals surface area contributed by atoms with Crippen LogP contribution in [0.15, 0.2) is 96.0 Å². The topological polar surface area (TPSA) is 89.0 Å². The molecule has 0 aliphatic carbocycles. The van der Waals surface area contributed by atoms with E-state index < -0.39 is 28.9 Å². The number of nitrogens with one attached hydrogen (secondary N) is 2. The van der Waals surface area contributed by atoms with Gasteiger partial charge in [0.05, 0.1) is 0 Å². The Morgan fingerprint density at radius 1 is 0.649 bits per heavy atom. The molecule has 0 spiro atoms. The molecule has 0 aromatic heterocycles. The number of hydrogen-bond donors (Lipinski definition) is 2. The Morgan fingerprint density at radius 2 is 1.05 bits per heavy atom. The average molecular weight is 502 g/mol. The zero-order chi connectivity index (χ0) is 27.1. The van der Waals surface area contributed by atoms with Crippen LogP contribution in [0, 0.1) is 0 Å². The number of carbonyl (C=O) groups excluding carboxylic acids is 2. The molecule has 0 saturated heterocycles. The van der Waals surface area contributed by atoms with Crippen molar-refractivity contribution >= 4 is 18.2 Å². The largest absolute Gasteiger partial charge is 0.443 e. The summed E-state index contributed by atoms with van der Waals surface area (Å²) < 4.78 is 11.1. The van der Waals surface area contributed by atoms with E-state index in [1.54, 1.807) is 20.8 Å². The number of amides is 2. The van der Waals surface area contributed by atoms with E-state index in [4.69, 9.17) is 14.5 Å². The molecule has 0 atom stereocenters. The summed E-state index contributed by atoms with van der Waals surface area (Å²) in [5.74, 6) is 0. The maximum absolute atomic E-state index is 12.8. The second kappa shape index (κ2) is 11.3. The fourth-order valence-corrected chi connectivity index (χ4v) is 3.77. The molecule has 0 aliphatic heterocycles. The SMILES string of the molecule is CC(C)(C)NC(=O)OC(=NC(c1ccccc1)(c1ccccc1)c1ccccc1)NC(=O)OC(C)(C)C. The minimum absolute atomic E-state index is 0.299. The van der Waals surface area contributed by atoms with Gasteiger partial charge in [-0.15, -0.1) is 0 Å². The summed E-state index contributed by atoms with van der Waals surface area (Å²) >= 11 is 0. The van der Waals surface area contributed by atoms with E-state index in [1.165, 1.54) is 0 Å². The first-order chi connectivity index (χ1) is 17.4. The van der Waals surface area contributed by atoms with E-state index >= 15 is 0 Å². The van der Waals surface area contributed by atoms with Crippen LogP contribution in [-0.2, 0) is 15.0 Å². The summed E-state index contributed by atoms with van der Waals surface area (Å²) in [7, 11) is 0. The number of amidine groups is 1. The number of carbonyl (C=O) groups is 2. The van der Waals surface area contributed by atoms with Crippen molar-refractivity contribution in [3.05, 3.63) is 108 Å². The number of aliphatic imine (C=N–C) groups is 1. The second-order valence-electron chi connectivity index (χ2n) is 10.6. The fraction of sp³-hybridized carbons (Fsp3) is 0.300. The predicted octanol–water partition coefficient (Wildman–Crippen LogP) is 6.38. The molecule has 7 nitrogen and oxygen atoms in total. The molecule has 2 N–H and O–H groups in total. The molecule has 0 radical (unpaired) electrons. The summed E-state index contributed by atoms with van der Waals surface area (Å²) in [5.41, 5.74) is -0.0418. The highest BCUT2D eigenvalue weighted by molar-refractivity contribution is 5.96. The quantitative estimate of drug-likeness (QED) is 0.246. The van der Waals surface area contributed by atoms with Gasteiger partial charge in [-0.05, 0) is 58.2 Å². The number of benzene rings is 3. The lowest BCUT2D eigenvalue weighted by Gasteiger charge is -2.32. The molecular weight excluding hydrogens is 466 g/mol. The minimum Gasteiger partial charge on any atom is -0.443 e. The molecule has 7 heteroatoms. The van der Waals surface area contributed by atoms with Crippen LogP contribution in [0.3, 0.4) is 0 Å². The Balaban J connectivity index is 2.26. The Morgan fingerprint density at radius 3 is 1.41 bits per heavy atom. The smallest absolute Gasteiger partial charge is 0.415 e. The van der Waals surface area contributed by atoms with Gasteiger partial charge in [-0.3, -0.25) is 0 Å². The summed E-state index contributed by atoms with van der Waals surface area (Å²) in [5, 5.41) is 5.30. The van der Waals surface area contributed by atoms with Crippen LogP contribution >= 0.6 is 0 Å². The van der Waals surface area contributed by atoms with Crippen molar-refractivity contribution in [3.63, 3.8) is 0 Å². The molecule has 37 heavy (non-hydrogen) atoms. The van der Waals surface area contributed by atoms with E-state index in [0.717, 1.165) is 16.7 Å². The molecule has 0 aliphatic rings. The second-order valence-corrected chi connectivity index (χ2v) is 10.6. The van der Waals surface area contributed by atoms with Crippen molar-refractivity contribution in [2.75, 3.05) is 0 Å². The Labute approximate surface area is 218 Å². The Hall–Kier alpha value is -4.13. The van der Waals surface area contributed by atoms with Crippen molar-refractivity contribution in [3.8, 4) is 0 Å². The van der Waals surface area contributed by atoms with Crippen LogP contribution in [0.1, 0.15) is 58.2 Å². The van der Waals surface area contributed by atoms with Crippen molar-refractivity contribution in [2.45, 2.75) is 58.2 Å². The first kappa shape index (κ1) is 27.5. The lowest BCUT2D eigenvalue weighted by Crippen LogP contribution is -2.46. The number of alkyl carbamates (subject to hydrolysis) is 2. The van der Waals surface area contributed by atoms with Gasteiger partial charge in [0.2, 0.25) is 0 Å². The standard InChI is InChI=1S/C30H35N3O4/c1-28(2,3)33-27(35)36-25(31-26(34)37-29(4,5)6)32-30(22-16-10-7-11-17-22,23-18-12-8-13-19-23)24-20-14-9-15-21-24/h7-21H,1-6H3,(H,33,35)(H,31,32,34). The molecular formula is C30H35N3O4. The van der Waals surface area contributed by atoms with Gasteiger partial charge in [-0.1, -0.05) is 91.0 Å². The third-order valence-electron chi connectivity index (χ3n) is 5.12. The van der Waals surface area contributed by atoms with Crippen molar-refractivity contribution in [2.24, 2.45) is 4.99 Å². The molecule has 3 aromatic carbocycles.